The number of nitrogens with zero attached hydrogens (tertiary/aromatic N) is 2. The van der Waals surface area contributed by atoms with E-state index in [-0.39, 0.29) is 6.04 Å². The van der Waals surface area contributed by atoms with E-state index in [2.05, 4.69) is 39.2 Å². The molecule has 0 radical (unpaired) electrons. The number of hydrogen-bond donors (Lipinski definition) is 1. The normalized spacial score (nSPS) is 11.8. The molecule has 1 heterocycles. The molecule has 0 aliphatic carbocycles. The number of nitrogens with one attached hydrogen (secondary N) is 1. The van der Waals surface area contributed by atoms with E-state index in [9.17, 15) is 0 Å². The molecule has 0 aliphatic heterocycles. The zero-order valence-corrected chi connectivity index (χ0v) is 12.2. The fourth-order valence-corrected chi connectivity index (χ4v) is 2.48. The number of halogens is 1. The lowest BCUT2D eigenvalue weighted by Crippen LogP contribution is -2.18. The Hall–Kier alpha value is -1.70. The number of benzene rings is 1. The Morgan fingerprint density at radius 3 is 2.89 bits per heavy atom. The summed E-state index contributed by atoms with van der Waals surface area (Å²) < 4.78 is 1.10. The molecule has 0 spiro atoms. The van der Waals surface area contributed by atoms with Gasteiger partial charge in [0.2, 0.25) is 0 Å². The minimum absolute atomic E-state index is 0.231. The minimum atomic E-state index is 0.231. The number of pyridine rings is 1. The van der Waals surface area contributed by atoms with Crippen LogP contribution in [0.3, 0.4) is 0 Å². The Kier molecular flexibility index (Phi) is 4.67. The minimum Gasteiger partial charge on any atom is -0.306 e. The third kappa shape index (κ3) is 3.63. The van der Waals surface area contributed by atoms with Crippen LogP contribution in [-0.4, -0.2) is 4.98 Å². The summed E-state index contributed by atoms with van der Waals surface area (Å²) in [6, 6.07) is 14.2. The standard InChI is InChI=1S/C15H14BrN3/c1-11(14-4-2-3-5-15(14)16)19-10-12-6-7-18-13(8-12)9-17/h2-8,11,19H,10H2,1H3/t11-/m0/s1. The highest BCUT2D eigenvalue weighted by molar-refractivity contribution is 9.10. The summed E-state index contributed by atoms with van der Waals surface area (Å²) in [5.41, 5.74) is 2.73. The van der Waals surface area contributed by atoms with Crippen molar-refractivity contribution in [3.8, 4) is 6.07 Å². The topological polar surface area (TPSA) is 48.7 Å². The highest BCUT2D eigenvalue weighted by Gasteiger charge is 2.08. The van der Waals surface area contributed by atoms with Crippen molar-refractivity contribution < 1.29 is 0 Å². The molecule has 0 fully saturated rings. The van der Waals surface area contributed by atoms with Gasteiger partial charge in [-0.05, 0) is 36.2 Å². The first-order valence-corrected chi connectivity index (χ1v) is 6.83. The molecule has 2 rings (SSSR count). The van der Waals surface area contributed by atoms with E-state index in [1.54, 1.807) is 12.3 Å². The highest BCUT2D eigenvalue weighted by atomic mass is 79.9. The Bertz CT molecular complexity index is 604. The van der Waals surface area contributed by atoms with Crippen LogP contribution in [0.15, 0.2) is 47.1 Å². The summed E-state index contributed by atoms with van der Waals surface area (Å²) in [7, 11) is 0. The van der Waals surface area contributed by atoms with Gasteiger partial charge in [-0.2, -0.15) is 5.26 Å². The highest BCUT2D eigenvalue weighted by Crippen LogP contribution is 2.22. The first-order chi connectivity index (χ1) is 9.20. The van der Waals surface area contributed by atoms with E-state index in [1.807, 2.05) is 30.3 Å². The average molecular weight is 316 g/mol. The molecule has 19 heavy (non-hydrogen) atoms. The van der Waals surface area contributed by atoms with Crippen molar-refractivity contribution in [3.05, 3.63) is 63.9 Å². The lowest BCUT2D eigenvalue weighted by atomic mass is 10.1. The molecular weight excluding hydrogens is 302 g/mol. The molecule has 0 amide bonds. The van der Waals surface area contributed by atoms with E-state index in [0.29, 0.717) is 12.2 Å². The zero-order valence-electron chi connectivity index (χ0n) is 10.6. The van der Waals surface area contributed by atoms with Crippen LogP contribution in [0.2, 0.25) is 0 Å². The molecule has 1 aromatic heterocycles. The molecule has 0 aliphatic rings. The molecule has 2 aromatic rings. The second kappa shape index (κ2) is 6.46. The maximum Gasteiger partial charge on any atom is 0.140 e. The number of aromatic nitrogens is 1. The molecule has 0 unspecified atom stereocenters. The maximum absolute atomic E-state index is 8.81. The Labute approximate surface area is 121 Å². The smallest absolute Gasteiger partial charge is 0.140 e. The van der Waals surface area contributed by atoms with Gasteiger partial charge in [-0.15, -0.1) is 0 Å². The van der Waals surface area contributed by atoms with Gasteiger partial charge >= 0.3 is 0 Å². The van der Waals surface area contributed by atoms with E-state index in [4.69, 9.17) is 5.26 Å². The van der Waals surface area contributed by atoms with Crippen LogP contribution in [0.1, 0.15) is 29.8 Å². The maximum atomic E-state index is 8.81. The Balaban J connectivity index is 2.03. The average Bonchev–Trinajstić information content (AvgIpc) is 2.45. The lowest BCUT2D eigenvalue weighted by Gasteiger charge is -2.15. The van der Waals surface area contributed by atoms with Crippen molar-refractivity contribution in [2.45, 2.75) is 19.5 Å². The molecular formula is C15H14BrN3. The SMILES string of the molecule is C[C@H](NCc1ccnc(C#N)c1)c1ccccc1Br. The first kappa shape index (κ1) is 13.7. The zero-order chi connectivity index (χ0) is 13.7. The third-order valence-electron chi connectivity index (χ3n) is 2.92. The van der Waals surface area contributed by atoms with Crippen LogP contribution in [0.5, 0.6) is 0 Å². The van der Waals surface area contributed by atoms with Gasteiger partial charge in [0.25, 0.3) is 0 Å². The lowest BCUT2D eigenvalue weighted by molar-refractivity contribution is 0.572. The van der Waals surface area contributed by atoms with Crippen molar-refractivity contribution in [1.29, 1.82) is 5.26 Å². The molecule has 1 atom stereocenters. The second-order valence-electron chi connectivity index (χ2n) is 4.29. The summed E-state index contributed by atoms with van der Waals surface area (Å²) in [5.74, 6) is 0. The summed E-state index contributed by atoms with van der Waals surface area (Å²) in [4.78, 5) is 3.96. The van der Waals surface area contributed by atoms with Crippen molar-refractivity contribution in [3.63, 3.8) is 0 Å². The van der Waals surface area contributed by atoms with Gasteiger partial charge in [-0.25, -0.2) is 4.98 Å². The third-order valence-corrected chi connectivity index (χ3v) is 3.65. The molecule has 96 valence electrons. The molecule has 1 aromatic carbocycles. The first-order valence-electron chi connectivity index (χ1n) is 6.03. The Morgan fingerprint density at radius 2 is 2.16 bits per heavy atom. The van der Waals surface area contributed by atoms with Crippen molar-refractivity contribution in [2.75, 3.05) is 0 Å². The monoisotopic (exact) mass is 315 g/mol. The van der Waals surface area contributed by atoms with Gasteiger partial charge in [0, 0.05) is 23.3 Å². The molecule has 3 nitrogen and oxygen atoms in total. The van der Waals surface area contributed by atoms with E-state index >= 15 is 0 Å². The second-order valence-corrected chi connectivity index (χ2v) is 5.14. The van der Waals surface area contributed by atoms with Crippen LogP contribution < -0.4 is 5.32 Å². The van der Waals surface area contributed by atoms with E-state index in [0.717, 1.165) is 10.0 Å². The molecule has 0 bridgehead atoms. The molecule has 1 N–H and O–H groups in total. The van der Waals surface area contributed by atoms with Gasteiger partial charge in [-0.3, -0.25) is 0 Å². The molecule has 4 heteroatoms. The molecule has 0 saturated heterocycles. The number of hydrogen-bond acceptors (Lipinski definition) is 3. The fourth-order valence-electron chi connectivity index (χ4n) is 1.85. The van der Waals surface area contributed by atoms with E-state index in [1.165, 1.54) is 5.56 Å². The van der Waals surface area contributed by atoms with Crippen LogP contribution >= 0.6 is 15.9 Å². The predicted molar refractivity (Wildman–Crippen MR) is 78.3 cm³/mol. The Morgan fingerprint density at radius 1 is 1.37 bits per heavy atom. The predicted octanol–water partition coefficient (Wildman–Crippen LogP) is 3.57. The van der Waals surface area contributed by atoms with Gasteiger partial charge in [0.05, 0.1) is 0 Å². The van der Waals surface area contributed by atoms with Gasteiger partial charge in [0.1, 0.15) is 11.8 Å². The molecule has 0 saturated carbocycles. The van der Waals surface area contributed by atoms with Crippen LogP contribution in [-0.2, 0) is 6.54 Å². The van der Waals surface area contributed by atoms with Crippen molar-refractivity contribution >= 4 is 15.9 Å². The van der Waals surface area contributed by atoms with Crippen LogP contribution in [0.4, 0.5) is 0 Å². The van der Waals surface area contributed by atoms with E-state index < -0.39 is 0 Å². The number of rotatable bonds is 4. The summed E-state index contributed by atoms with van der Waals surface area (Å²) in [6.45, 7) is 2.83. The van der Waals surface area contributed by atoms with Gasteiger partial charge in [0.15, 0.2) is 0 Å². The van der Waals surface area contributed by atoms with Crippen molar-refractivity contribution in [1.82, 2.24) is 10.3 Å². The van der Waals surface area contributed by atoms with Crippen molar-refractivity contribution in [2.24, 2.45) is 0 Å². The largest absolute Gasteiger partial charge is 0.306 e. The summed E-state index contributed by atoms with van der Waals surface area (Å²) in [5, 5.41) is 12.3. The fraction of sp³-hybridized carbons (Fsp3) is 0.200. The van der Waals surface area contributed by atoms with Crippen LogP contribution in [0, 0.1) is 11.3 Å². The number of nitriles is 1. The van der Waals surface area contributed by atoms with Gasteiger partial charge < -0.3 is 5.32 Å². The quantitative estimate of drug-likeness (QED) is 0.938. The summed E-state index contributed by atoms with van der Waals surface area (Å²) in [6.07, 6.45) is 1.67. The summed E-state index contributed by atoms with van der Waals surface area (Å²) >= 11 is 3.55. The van der Waals surface area contributed by atoms with Gasteiger partial charge in [-0.1, -0.05) is 34.1 Å². The van der Waals surface area contributed by atoms with Crippen LogP contribution in [0.25, 0.3) is 0 Å².